The predicted octanol–water partition coefficient (Wildman–Crippen LogP) is 0.750. The number of rotatable bonds is 3. The summed E-state index contributed by atoms with van der Waals surface area (Å²) >= 11 is 0. The molecular weight excluding hydrogens is 132 g/mol. The smallest absolute Gasteiger partial charge is 0.330 e. The average molecular weight is 144 g/mol. The minimum atomic E-state index is -0.357. The zero-order valence-electron chi connectivity index (χ0n) is 6.46. The van der Waals surface area contributed by atoms with E-state index in [4.69, 9.17) is 4.74 Å². The number of carbonyl (C=O) groups excluding carboxylic acids is 1. The molecule has 0 aromatic carbocycles. The molecule has 58 valence electrons. The first-order chi connectivity index (χ1) is 4.70. The quantitative estimate of drug-likeness (QED) is 0.433. The minimum Gasteiger partial charge on any atom is -0.466 e. The van der Waals surface area contributed by atoms with Crippen LogP contribution >= 0.6 is 0 Å². The maximum atomic E-state index is 10.5. The summed E-state index contributed by atoms with van der Waals surface area (Å²) in [4.78, 5) is 10.5. The molecule has 0 saturated heterocycles. The van der Waals surface area contributed by atoms with E-state index in [1.54, 1.807) is 13.2 Å². The fourth-order valence-corrected chi connectivity index (χ4v) is 0.361. The van der Waals surface area contributed by atoms with Crippen molar-refractivity contribution in [2.24, 2.45) is 0 Å². The van der Waals surface area contributed by atoms with Gasteiger partial charge in [0, 0.05) is 13.2 Å². The first-order valence-corrected chi connectivity index (χ1v) is 2.99. The normalized spacial score (nSPS) is 13.5. The molecule has 1 atom stereocenters. The van der Waals surface area contributed by atoms with Gasteiger partial charge in [0.25, 0.3) is 0 Å². The molecule has 0 radical (unpaired) electrons. The Morgan fingerprint density at radius 2 is 2.10 bits per heavy atom. The van der Waals surface area contributed by atoms with Gasteiger partial charge in [0.15, 0.2) is 0 Å². The van der Waals surface area contributed by atoms with Crippen molar-refractivity contribution in [2.75, 3.05) is 14.2 Å². The van der Waals surface area contributed by atoms with Gasteiger partial charge in [-0.25, -0.2) is 4.79 Å². The van der Waals surface area contributed by atoms with Crippen molar-refractivity contribution in [2.45, 2.75) is 13.0 Å². The van der Waals surface area contributed by atoms with E-state index in [2.05, 4.69) is 4.74 Å². The molecule has 0 rings (SSSR count). The standard InChI is InChI=1S/C7H12O3/c1-6(9-2)4-5-7(8)10-3/h4-6H,1-3H3/b5-4+/t6-/m0/s1. The first kappa shape index (κ1) is 9.17. The van der Waals surface area contributed by atoms with Gasteiger partial charge in [0.05, 0.1) is 13.2 Å². The maximum Gasteiger partial charge on any atom is 0.330 e. The van der Waals surface area contributed by atoms with Crippen LogP contribution in [0.25, 0.3) is 0 Å². The summed E-state index contributed by atoms with van der Waals surface area (Å²) in [5, 5.41) is 0. The van der Waals surface area contributed by atoms with Gasteiger partial charge in [0.1, 0.15) is 0 Å². The molecule has 0 unspecified atom stereocenters. The van der Waals surface area contributed by atoms with Crippen LogP contribution in [0.15, 0.2) is 12.2 Å². The van der Waals surface area contributed by atoms with Crippen LogP contribution in [0.1, 0.15) is 6.92 Å². The van der Waals surface area contributed by atoms with E-state index in [1.165, 1.54) is 13.2 Å². The van der Waals surface area contributed by atoms with Crippen molar-refractivity contribution in [1.82, 2.24) is 0 Å². The number of methoxy groups -OCH3 is 2. The number of hydrogen-bond acceptors (Lipinski definition) is 3. The van der Waals surface area contributed by atoms with Crippen LogP contribution in [0.2, 0.25) is 0 Å². The molecule has 3 heteroatoms. The lowest BCUT2D eigenvalue weighted by Gasteiger charge is -1.99. The van der Waals surface area contributed by atoms with Gasteiger partial charge < -0.3 is 9.47 Å². The summed E-state index contributed by atoms with van der Waals surface area (Å²) in [5.74, 6) is -0.357. The zero-order chi connectivity index (χ0) is 7.98. The number of ether oxygens (including phenoxy) is 2. The molecule has 0 aromatic heterocycles. The Kier molecular flexibility index (Phi) is 4.58. The third kappa shape index (κ3) is 4.09. The Bertz CT molecular complexity index is 129. The van der Waals surface area contributed by atoms with Gasteiger partial charge >= 0.3 is 5.97 Å². The summed E-state index contributed by atoms with van der Waals surface area (Å²) in [6.07, 6.45) is 2.93. The Morgan fingerprint density at radius 1 is 1.50 bits per heavy atom. The Morgan fingerprint density at radius 3 is 2.50 bits per heavy atom. The number of esters is 1. The van der Waals surface area contributed by atoms with Crippen molar-refractivity contribution < 1.29 is 14.3 Å². The second kappa shape index (κ2) is 4.99. The third-order valence-corrected chi connectivity index (χ3v) is 1.08. The molecule has 0 aliphatic heterocycles. The molecule has 10 heavy (non-hydrogen) atoms. The second-order valence-electron chi connectivity index (χ2n) is 1.82. The molecule has 0 N–H and O–H groups in total. The van der Waals surface area contributed by atoms with E-state index in [1.807, 2.05) is 6.92 Å². The fourth-order valence-electron chi connectivity index (χ4n) is 0.361. The highest BCUT2D eigenvalue weighted by Crippen LogP contribution is 1.89. The zero-order valence-corrected chi connectivity index (χ0v) is 6.46. The van der Waals surface area contributed by atoms with Crippen molar-refractivity contribution in [3.63, 3.8) is 0 Å². The van der Waals surface area contributed by atoms with Crippen molar-refractivity contribution in [3.8, 4) is 0 Å². The average Bonchev–Trinajstić information content (AvgIpc) is 1.99. The summed E-state index contributed by atoms with van der Waals surface area (Å²) in [7, 11) is 2.91. The third-order valence-electron chi connectivity index (χ3n) is 1.08. The van der Waals surface area contributed by atoms with Gasteiger partial charge in [-0.3, -0.25) is 0 Å². The van der Waals surface area contributed by atoms with Crippen LogP contribution < -0.4 is 0 Å². The Hall–Kier alpha value is -0.830. The molecule has 0 spiro atoms. The van der Waals surface area contributed by atoms with Crippen molar-refractivity contribution in [3.05, 3.63) is 12.2 Å². The van der Waals surface area contributed by atoms with E-state index in [-0.39, 0.29) is 12.1 Å². The second-order valence-corrected chi connectivity index (χ2v) is 1.82. The topological polar surface area (TPSA) is 35.5 Å². The molecule has 0 bridgehead atoms. The molecule has 0 fully saturated rings. The van der Waals surface area contributed by atoms with E-state index in [0.29, 0.717) is 0 Å². The summed E-state index contributed by atoms with van der Waals surface area (Å²) in [6.45, 7) is 1.83. The molecular formula is C7H12O3. The largest absolute Gasteiger partial charge is 0.466 e. The van der Waals surface area contributed by atoms with E-state index >= 15 is 0 Å². The molecule has 3 nitrogen and oxygen atoms in total. The van der Waals surface area contributed by atoms with Crippen LogP contribution in [-0.4, -0.2) is 26.3 Å². The van der Waals surface area contributed by atoms with Crippen LogP contribution in [0, 0.1) is 0 Å². The molecule has 0 aliphatic carbocycles. The molecule has 0 saturated carbocycles. The first-order valence-electron chi connectivity index (χ1n) is 2.99. The van der Waals surface area contributed by atoms with Crippen LogP contribution in [0.3, 0.4) is 0 Å². The number of hydrogen-bond donors (Lipinski definition) is 0. The van der Waals surface area contributed by atoms with Gasteiger partial charge in [0.2, 0.25) is 0 Å². The van der Waals surface area contributed by atoms with Gasteiger partial charge in [-0.1, -0.05) is 0 Å². The van der Waals surface area contributed by atoms with Crippen LogP contribution in [0.4, 0.5) is 0 Å². The van der Waals surface area contributed by atoms with Crippen molar-refractivity contribution >= 4 is 5.97 Å². The van der Waals surface area contributed by atoms with E-state index in [0.717, 1.165) is 0 Å². The monoisotopic (exact) mass is 144 g/mol. The van der Waals surface area contributed by atoms with Crippen LogP contribution in [-0.2, 0) is 14.3 Å². The minimum absolute atomic E-state index is 0.0425. The maximum absolute atomic E-state index is 10.5. The highest BCUT2D eigenvalue weighted by Gasteiger charge is 1.94. The van der Waals surface area contributed by atoms with Crippen molar-refractivity contribution in [1.29, 1.82) is 0 Å². The predicted molar refractivity (Wildman–Crippen MR) is 37.6 cm³/mol. The summed E-state index contributed by atoms with van der Waals surface area (Å²) in [6, 6.07) is 0. The van der Waals surface area contributed by atoms with Gasteiger partial charge in [-0.15, -0.1) is 0 Å². The molecule has 0 aliphatic rings. The van der Waals surface area contributed by atoms with Gasteiger partial charge in [-0.05, 0) is 13.0 Å². The molecule has 0 aromatic rings. The lowest BCUT2D eigenvalue weighted by molar-refractivity contribution is -0.134. The molecule has 0 amide bonds. The lowest BCUT2D eigenvalue weighted by atomic mass is 10.3. The lowest BCUT2D eigenvalue weighted by Crippen LogP contribution is -2.02. The highest BCUT2D eigenvalue weighted by atomic mass is 16.5. The summed E-state index contributed by atoms with van der Waals surface area (Å²) in [5.41, 5.74) is 0. The van der Waals surface area contributed by atoms with Crippen LogP contribution in [0.5, 0.6) is 0 Å². The highest BCUT2D eigenvalue weighted by molar-refractivity contribution is 5.81. The Balaban J connectivity index is 3.63. The van der Waals surface area contributed by atoms with E-state index in [9.17, 15) is 4.79 Å². The number of carbonyl (C=O) groups is 1. The van der Waals surface area contributed by atoms with Gasteiger partial charge in [-0.2, -0.15) is 0 Å². The Labute approximate surface area is 60.6 Å². The molecule has 0 heterocycles. The SMILES string of the molecule is COC(=O)/C=C/[C@H](C)OC. The fraction of sp³-hybridized carbons (Fsp3) is 0.571. The summed E-state index contributed by atoms with van der Waals surface area (Å²) < 4.78 is 9.21. The van der Waals surface area contributed by atoms with E-state index < -0.39 is 0 Å².